The third-order valence-electron chi connectivity index (χ3n) is 2.52. The highest BCUT2D eigenvalue weighted by atomic mass is 79.9. The van der Waals surface area contributed by atoms with Crippen LogP contribution in [0.25, 0.3) is 0 Å². The Kier molecular flexibility index (Phi) is 4.09. The summed E-state index contributed by atoms with van der Waals surface area (Å²) < 4.78 is 0.861. The fraction of sp³-hybridized carbons (Fsp3) is 0.231. The van der Waals surface area contributed by atoms with Crippen molar-refractivity contribution in [3.63, 3.8) is 0 Å². The Morgan fingerprint density at radius 1 is 1.18 bits per heavy atom. The number of aromatic nitrogens is 2. The SMILES string of the molecule is CN(CCc1ccccn1)c1cccc(Br)n1. The van der Waals surface area contributed by atoms with Gasteiger partial charge < -0.3 is 4.90 Å². The molecule has 0 aliphatic carbocycles. The van der Waals surface area contributed by atoms with Crippen LogP contribution in [0, 0.1) is 0 Å². The summed E-state index contributed by atoms with van der Waals surface area (Å²) in [5.41, 5.74) is 1.11. The van der Waals surface area contributed by atoms with Gasteiger partial charge >= 0.3 is 0 Å². The average molecular weight is 292 g/mol. The number of hydrogen-bond acceptors (Lipinski definition) is 3. The standard InChI is InChI=1S/C13H14BrN3/c1-17(13-7-4-6-12(14)16-13)10-8-11-5-2-3-9-15-11/h2-7,9H,8,10H2,1H3. The minimum Gasteiger partial charge on any atom is -0.359 e. The highest BCUT2D eigenvalue weighted by Gasteiger charge is 2.03. The van der Waals surface area contributed by atoms with Crippen molar-refractivity contribution in [2.75, 3.05) is 18.5 Å². The first-order chi connectivity index (χ1) is 8.25. The van der Waals surface area contributed by atoms with Gasteiger partial charge in [-0.3, -0.25) is 4.98 Å². The highest BCUT2D eigenvalue weighted by Crippen LogP contribution is 2.13. The third kappa shape index (κ3) is 3.53. The molecule has 88 valence electrons. The van der Waals surface area contributed by atoms with Crippen molar-refractivity contribution in [2.45, 2.75) is 6.42 Å². The van der Waals surface area contributed by atoms with Gasteiger partial charge in [-0.1, -0.05) is 12.1 Å². The molecule has 0 radical (unpaired) electrons. The minimum atomic E-state index is 0.861. The molecular weight excluding hydrogens is 278 g/mol. The molecule has 0 unspecified atom stereocenters. The lowest BCUT2D eigenvalue weighted by atomic mass is 10.2. The van der Waals surface area contributed by atoms with Crippen molar-refractivity contribution in [3.05, 3.63) is 52.9 Å². The van der Waals surface area contributed by atoms with Gasteiger partial charge in [0.15, 0.2) is 0 Å². The van der Waals surface area contributed by atoms with Crippen LogP contribution in [0.2, 0.25) is 0 Å². The average Bonchev–Trinajstić information content (AvgIpc) is 2.37. The molecule has 0 saturated carbocycles. The molecule has 0 fully saturated rings. The van der Waals surface area contributed by atoms with E-state index in [1.807, 2.05) is 49.6 Å². The molecule has 0 spiro atoms. The molecule has 2 heterocycles. The zero-order chi connectivity index (χ0) is 12.1. The first-order valence-corrected chi connectivity index (χ1v) is 6.28. The van der Waals surface area contributed by atoms with Crippen LogP contribution in [0.5, 0.6) is 0 Å². The fourth-order valence-corrected chi connectivity index (χ4v) is 1.89. The van der Waals surface area contributed by atoms with Gasteiger partial charge in [0.25, 0.3) is 0 Å². The largest absolute Gasteiger partial charge is 0.359 e. The molecular formula is C13H14BrN3. The lowest BCUT2D eigenvalue weighted by Gasteiger charge is -2.17. The Hall–Kier alpha value is -1.42. The molecule has 2 aromatic rings. The number of pyridine rings is 2. The van der Waals surface area contributed by atoms with Crippen molar-refractivity contribution in [3.8, 4) is 0 Å². The lowest BCUT2D eigenvalue weighted by Crippen LogP contribution is -2.21. The molecule has 3 nitrogen and oxygen atoms in total. The summed E-state index contributed by atoms with van der Waals surface area (Å²) in [6, 6.07) is 11.9. The topological polar surface area (TPSA) is 29.0 Å². The normalized spacial score (nSPS) is 10.2. The first kappa shape index (κ1) is 12.0. The van der Waals surface area contributed by atoms with E-state index in [1.165, 1.54) is 0 Å². The summed E-state index contributed by atoms with van der Waals surface area (Å²) in [6.07, 6.45) is 2.75. The molecule has 0 aromatic carbocycles. The first-order valence-electron chi connectivity index (χ1n) is 5.49. The van der Waals surface area contributed by atoms with Crippen LogP contribution in [0.15, 0.2) is 47.2 Å². The zero-order valence-electron chi connectivity index (χ0n) is 9.68. The second-order valence-corrected chi connectivity index (χ2v) is 4.62. The van der Waals surface area contributed by atoms with E-state index in [0.717, 1.165) is 29.1 Å². The van der Waals surface area contributed by atoms with Gasteiger partial charge in [0.1, 0.15) is 10.4 Å². The van der Waals surface area contributed by atoms with E-state index in [-0.39, 0.29) is 0 Å². The van der Waals surface area contributed by atoms with Gasteiger partial charge in [-0.05, 0) is 40.2 Å². The molecule has 0 bridgehead atoms. The van der Waals surface area contributed by atoms with Crippen LogP contribution in [0.4, 0.5) is 5.82 Å². The van der Waals surface area contributed by atoms with E-state index in [4.69, 9.17) is 0 Å². The molecule has 0 aliphatic heterocycles. The van der Waals surface area contributed by atoms with Crippen LogP contribution in [0.1, 0.15) is 5.69 Å². The van der Waals surface area contributed by atoms with E-state index < -0.39 is 0 Å². The Balaban J connectivity index is 1.96. The number of nitrogens with zero attached hydrogens (tertiary/aromatic N) is 3. The molecule has 0 atom stereocenters. The minimum absolute atomic E-state index is 0.861. The predicted molar refractivity (Wildman–Crippen MR) is 73.1 cm³/mol. The summed E-state index contributed by atoms with van der Waals surface area (Å²) in [5, 5.41) is 0. The summed E-state index contributed by atoms with van der Waals surface area (Å²) in [6.45, 7) is 0.903. The molecule has 2 rings (SSSR count). The predicted octanol–water partition coefficient (Wildman–Crippen LogP) is 2.92. The second-order valence-electron chi connectivity index (χ2n) is 3.81. The number of likely N-dealkylation sites (N-methyl/N-ethyl adjacent to an activating group) is 1. The van der Waals surface area contributed by atoms with E-state index in [1.54, 1.807) is 0 Å². The van der Waals surface area contributed by atoms with E-state index in [2.05, 4.69) is 30.8 Å². The maximum absolute atomic E-state index is 4.41. The van der Waals surface area contributed by atoms with Crippen LogP contribution in [-0.2, 0) is 6.42 Å². The quantitative estimate of drug-likeness (QED) is 0.811. The number of rotatable bonds is 4. The maximum Gasteiger partial charge on any atom is 0.129 e. The highest BCUT2D eigenvalue weighted by molar-refractivity contribution is 9.10. The summed E-state index contributed by atoms with van der Waals surface area (Å²) >= 11 is 3.38. The van der Waals surface area contributed by atoms with Gasteiger partial charge in [-0.2, -0.15) is 0 Å². The van der Waals surface area contributed by atoms with Crippen LogP contribution in [0.3, 0.4) is 0 Å². The monoisotopic (exact) mass is 291 g/mol. The number of anilines is 1. The number of hydrogen-bond donors (Lipinski definition) is 0. The molecule has 0 amide bonds. The van der Waals surface area contributed by atoms with Crippen molar-refractivity contribution < 1.29 is 0 Å². The van der Waals surface area contributed by atoms with Crippen LogP contribution >= 0.6 is 15.9 Å². The van der Waals surface area contributed by atoms with E-state index in [0.29, 0.717) is 0 Å². The fourth-order valence-electron chi connectivity index (χ4n) is 1.55. The van der Waals surface area contributed by atoms with Gasteiger partial charge in [-0.15, -0.1) is 0 Å². The molecule has 0 N–H and O–H groups in total. The van der Waals surface area contributed by atoms with Crippen LogP contribution in [-0.4, -0.2) is 23.6 Å². The Morgan fingerprint density at radius 2 is 2.06 bits per heavy atom. The summed E-state index contributed by atoms with van der Waals surface area (Å²) in [4.78, 5) is 10.8. The zero-order valence-corrected chi connectivity index (χ0v) is 11.3. The Bertz CT molecular complexity index is 473. The van der Waals surface area contributed by atoms with Crippen molar-refractivity contribution >= 4 is 21.7 Å². The third-order valence-corrected chi connectivity index (χ3v) is 2.96. The number of halogens is 1. The van der Waals surface area contributed by atoms with E-state index >= 15 is 0 Å². The van der Waals surface area contributed by atoms with Crippen molar-refractivity contribution in [1.82, 2.24) is 9.97 Å². The van der Waals surface area contributed by atoms with Gasteiger partial charge in [0.2, 0.25) is 0 Å². The van der Waals surface area contributed by atoms with Gasteiger partial charge in [0.05, 0.1) is 0 Å². The Morgan fingerprint density at radius 3 is 2.76 bits per heavy atom. The molecule has 4 heteroatoms. The Labute approximate surface area is 110 Å². The molecule has 2 aromatic heterocycles. The second kappa shape index (κ2) is 5.77. The van der Waals surface area contributed by atoms with E-state index in [9.17, 15) is 0 Å². The summed E-state index contributed by atoms with van der Waals surface area (Å²) in [5.74, 6) is 0.968. The van der Waals surface area contributed by atoms with Gasteiger partial charge in [-0.25, -0.2) is 4.98 Å². The summed E-state index contributed by atoms with van der Waals surface area (Å²) in [7, 11) is 2.04. The molecule has 0 saturated heterocycles. The molecule has 0 aliphatic rings. The maximum atomic E-state index is 4.41. The van der Waals surface area contributed by atoms with Crippen molar-refractivity contribution in [1.29, 1.82) is 0 Å². The lowest BCUT2D eigenvalue weighted by molar-refractivity contribution is 0.837. The smallest absolute Gasteiger partial charge is 0.129 e. The van der Waals surface area contributed by atoms with Crippen molar-refractivity contribution in [2.24, 2.45) is 0 Å². The van der Waals surface area contributed by atoms with Gasteiger partial charge in [0, 0.05) is 31.9 Å². The van der Waals surface area contributed by atoms with Crippen LogP contribution < -0.4 is 4.90 Å². The molecule has 17 heavy (non-hydrogen) atoms.